The molecule has 1 aromatic carbocycles. The van der Waals surface area contributed by atoms with Crippen molar-refractivity contribution in [2.45, 2.75) is 20.0 Å². The number of aromatic nitrogens is 2. The first kappa shape index (κ1) is 16.4. The van der Waals surface area contributed by atoms with E-state index in [-0.39, 0.29) is 10.7 Å². The summed E-state index contributed by atoms with van der Waals surface area (Å²) < 4.78 is 41.0. The van der Waals surface area contributed by atoms with Gasteiger partial charge in [-0.05, 0) is 43.7 Å². The van der Waals surface area contributed by atoms with Crippen LogP contribution in [0.5, 0.6) is 0 Å². The van der Waals surface area contributed by atoms with E-state index < -0.39 is 11.7 Å². The van der Waals surface area contributed by atoms with E-state index in [9.17, 15) is 13.2 Å². The van der Waals surface area contributed by atoms with Gasteiger partial charge >= 0.3 is 6.18 Å². The van der Waals surface area contributed by atoms with Gasteiger partial charge in [0.15, 0.2) is 5.82 Å². The van der Waals surface area contributed by atoms with Crippen LogP contribution >= 0.6 is 11.6 Å². The quantitative estimate of drug-likeness (QED) is 0.518. The molecule has 0 saturated carbocycles. The number of alkyl halides is 3. The van der Waals surface area contributed by atoms with Crippen molar-refractivity contribution in [2.24, 2.45) is 10.2 Å². The average Bonchev–Trinajstić information content (AvgIpc) is 2.82. The minimum atomic E-state index is -4.57. The molecule has 0 fully saturated rings. The number of aryl methyl sites for hydroxylation is 2. The summed E-state index contributed by atoms with van der Waals surface area (Å²) in [6.45, 7) is 3.62. The van der Waals surface area contributed by atoms with Crippen LogP contribution < -0.4 is 0 Å². The molecule has 0 atom stereocenters. The highest BCUT2D eigenvalue weighted by Gasteiger charge is 2.34. The zero-order chi connectivity index (χ0) is 17.5. The Morgan fingerprint density at radius 2 is 1.88 bits per heavy atom. The summed E-state index contributed by atoms with van der Waals surface area (Å²) in [5.41, 5.74) is 0.978. The van der Waals surface area contributed by atoms with Crippen LogP contribution in [0.2, 0.25) is 5.02 Å². The molecule has 8 heteroatoms. The Morgan fingerprint density at radius 3 is 2.58 bits per heavy atom. The molecule has 0 N–H and O–H groups in total. The maximum atomic E-state index is 13.1. The minimum Gasteiger partial charge on any atom is -0.283 e. The molecule has 3 aromatic rings. The van der Waals surface area contributed by atoms with Crippen molar-refractivity contribution in [1.82, 2.24) is 9.38 Å². The molecule has 24 heavy (non-hydrogen) atoms. The third-order valence-electron chi connectivity index (χ3n) is 3.50. The van der Waals surface area contributed by atoms with Gasteiger partial charge in [-0.25, -0.2) is 4.98 Å². The van der Waals surface area contributed by atoms with Gasteiger partial charge in [0.2, 0.25) is 0 Å². The standard InChI is InChI=1S/C16H12ClF3N4/c1-9-4-3-7-24-14(9)21-10(2)15(24)23-22-13-6-5-11(17)8-12(13)16(18,19)20/h3-8H,1-2H3. The molecule has 2 heterocycles. The summed E-state index contributed by atoms with van der Waals surface area (Å²) >= 11 is 5.66. The summed E-state index contributed by atoms with van der Waals surface area (Å²) in [5.74, 6) is 0.386. The highest BCUT2D eigenvalue weighted by molar-refractivity contribution is 6.30. The number of nitrogens with zero attached hydrogens (tertiary/aromatic N) is 4. The number of rotatable bonds is 2. The molecule has 0 aliphatic heterocycles. The maximum Gasteiger partial charge on any atom is 0.418 e. The van der Waals surface area contributed by atoms with Gasteiger partial charge in [-0.15, -0.1) is 10.2 Å². The van der Waals surface area contributed by atoms with Crippen molar-refractivity contribution in [1.29, 1.82) is 0 Å². The van der Waals surface area contributed by atoms with Gasteiger partial charge in [-0.1, -0.05) is 17.7 Å². The third kappa shape index (κ3) is 2.99. The molecule has 124 valence electrons. The summed E-state index contributed by atoms with van der Waals surface area (Å²) in [6.07, 6.45) is -2.83. The molecule has 0 spiro atoms. The first-order chi connectivity index (χ1) is 11.3. The van der Waals surface area contributed by atoms with Crippen LogP contribution in [0.4, 0.5) is 24.7 Å². The largest absolute Gasteiger partial charge is 0.418 e. The van der Waals surface area contributed by atoms with E-state index in [1.165, 1.54) is 12.1 Å². The second-order valence-electron chi connectivity index (χ2n) is 5.26. The van der Waals surface area contributed by atoms with Crippen LogP contribution in [-0.2, 0) is 6.18 Å². The highest BCUT2D eigenvalue weighted by atomic mass is 35.5. The Balaban J connectivity index is 2.10. The third-order valence-corrected chi connectivity index (χ3v) is 3.74. The Hall–Kier alpha value is -2.41. The maximum absolute atomic E-state index is 13.1. The second-order valence-corrected chi connectivity index (χ2v) is 5.70. The molecular weight excluding hydrogens is 341 g/mol. The smallest absolute Gasteiger partial charge is 0.283 e. The topological polar surface area (TPSA) is 42.0 Å². The molecule has 0 radical (unpaired) electrons. The molecular formula is C16H12ClF3N4. The van der Waals surface area contributed by atoms with Crippen LogP contribution in [0, 0.1) is 13.8 Å². The number of fused-ring (bicyclic) bond motifs is 1. The van der Waals surface area contributed by atoms with E-state index in [4.69, 9.17) is 11.6 Å². The highest BCUT2D eigenvalue weighted by Crippen LogP contribution is 2.38. The zero-order valence-electron chi connectivity index (χ0n) is 12.8. The molecule has 0 saturated heterocycles. The predicted molar refractivity (Wildman–Crippen MR) is 85.3 cm³/mol. The van der Waals surface area contributed by atoms with E-state index in [2.05, 4.69) is 15.2 Å². The number of hydrogen-bond donors (Lipinski definition) is 0. The van der Waals surface area contributed by atoms with Crippen LogP contribution in [0.15, 0.2) is 46.8 Å². The Kier molecular flexibility index (Phi) is 4.04. The fraction of sp³-hybridized carbons (Fsp3) is 0.188. The van der Waals surface area contributed by atoms with Crippen LogP contribution in [0.1, 0.15) is 16.8 Å². The van der Waals surface area contributed by atoms with E-state index in [0.29, 0.717) is 17.2 Å². The lowest BCUT2D eigenvalue weighted by Gasteiger charge is -2.09. The van der Waals surface area contributed by atoms with Crippen molar-refractivity contribution in [3.8, 4) is 0 Å². The van der Waals surface area contributed by atoms with Crippen molar-refractivity contribution in [2.75, 3.05) is 0 Å². The normalized spacial score (nSPS) is 12.4. The molecule has 3 rings (SSSR count). The van der Waals surface area contributed by atoms with Crippen LogP contribution in [-0.4, -0.2) is 9.38 Å². The predicted octanol–water partition coefficient (Wildman–Crippen LogP) is 6.04. The van der Waals surface area contributed by atoms with Crippen molar-refractivity contribution in [3.63, 3.8) is 0 Å². The summed E-state index contributed by atoms with van der Waals surface area (Å²) in [5, 5.41) is 7.76. The minimum absolute atomic E-state index is 0.0112. The molecule has 0 unspecified atom stereocenters. The zero-order valence-corrected chi connectivity index (χ0v) is 13.5. The molecule has 2 aromatic heterocycles. The lowest BCUT2D eigenvalue weighted by Crippen LogP contribution is -2.04. The number of hydrogen-bond acceptors (Lipinski definition) is 3. The molecule has 0 aliphatic carbocycles. The fourth-order valence-corrected chi connectivity index (χ4v) is 2.52. The average molecular weight is 353 g/mol. The number of benzene rings is 1. The van der Waals surface area contributed by atoms with E-state index in [0.717, 1.165) is 11.6 Å². The van der Waals surface area contributed by atoms with Crippen molar-refractivity contribution >= 4 is 28.8 Å². The van der Waals surface area contributed by atoms with Crippen molar-refractivity contribution < 1.29 is 13.2 Å². The summed E-state index contributed by atoms with van der Waals surface area (Å²) in [7, 11) is 0. The van der Waals surface area contributed by atoms with Crippen LogP contribution in [0.3, 0.4) is 0 Å². The Morgan fingerprint density at radius 1 is 1.12 bits per heavy atom. The van der Waals surface area contributed by atoms with Gasteiger partial charge in [0.05, 0.1) is 16.9 Å². The van der Waals surface area contributed by atoms with Crippen molar-refractivity contribution in [3.05, 3.63) is 58.4 Å². The van der Waals surface area contributed by atoms with E-state index in [1.54, 1.807) is 17.5 Å². The monoisotopic (exact) mass is 352 g/mol. The Labute approximate surface area is 140 Å². The lowest BCUT2D eigenvalue weighted by molar-refractivity contribution is -0.137. The number of halogens is 4. The number of pyridine rings is 1. The molecule has 0 amide bonds. The van der Waals surface area contributed by atoms with E-state index in [1.807, 2.05) is 19.1 Å². The van der Waals surface area contributed by atoms with E-state index >= 15 is 0 Å². The van der Waals surface area contributed by atoms with Gasteiger partial charge in [-0.3, -0.25) is 4.40 Å². The van der Waals surface area contributed by atoms with Gasteiger partial charge < -0.3 is 0 Å². The van der Waals surface area contributed by atoms with Gasteiger partial charge in [0, 0.05) is 11.2 Å². The summed E-state index contributed by atoms with van der Waals surface area (Å²) in [4.78, 5) is 4.38. The lowest BCUT2D eigenvalue weighted by atomic mass is 10.2. The first-order valence-electron chi connectivity index (χ1n) is 7.00. The van der Waals surface area contributed by atoms with Gasteiger partial charge in [0.1, 0.15) is 5.65 Å². The van der Waals surface area contributed by atoms with Gasteiger partial charge in [-0.2, -0.15) is 13.2 Å². The number of imidazole rings is 1. The Bertz CT molecular complexity index is 944. The SMILES string of the molecule is Cc1nc2c(C)cccn2c1N=Nc1ccc(Cl)cc1C(F)(F)F. The molecule has 0 bridgehead atoms. The first-order valence-corrected chi connectivity index (χ1v) is 7.38. The second kappa shape index (κ2) is 5.90. The summed E-state index contributed by atoms with van der Waals surface area (Å²) in [6, 6.07) is 7.08. The molecule has 0 aliphatic rings. The molecule has 4 nitrogen and oxygen atoms in total. The number of azo groups is 1. The van der Waals surface area contributed by atoms with Crippen LogP contribution in [0.25, 0.3) is 5.65 Å². The van der Waals surface area contributed by atoms with Gasteiger partial charge in [0.25, 0.3) is 0 Å². The fourth-order valence-electron chi connectivity index (χ4n) is 2.35.